The molecule has 0 spiro atoms. The summed E-state index contributed by atoms with van der Waals surface area (Å²) < 4.78 is 6.02. The van der Waals surface area contributed by atoms with Gasteiger partial charge in [-0.15, -0.1) is 0 Å². The molecule has 0 aromatic heterocycles. The van der Waals surface area contributed by atoms with Crippen LogP contribution in [0.15, 0.2) is 54.6 Å². The maximum absolute atomic E-state index is 12.5. The molecular formula is C23H23NO2. The number of fused-ring (bicyclic) bond motifs is 3. The Bertz CT molecular complexity index is 858. The fourth-order valence-electron chi connectivity index (χ4n) is 4.18. The summed E-state index contributed by atoms with van der Waals surface area (Å²) >= 11 is 0. The zero-order valence-corrected chi connectivity index (χ0v) is 15.1. The van der Waals surface area contributed by atoms with Gasteiger partial charge in [-0.05, 0) is 47.9 Å². The number of benzene rings is 2. The molecule has 1 amide bonds. The number of hydrogen-bond donors (Lipinski definition) is 0. The highest BCUT2D eigenvalue weighted by molar-refractivity contribution is 5.90. The largest absolute Gasteiger partial charge is 0.488 e. The SMILES string of the molecule is CN(CC/C=C1/c2ccccc2COc2ccccc21)C(=O)C12CC1C2. The summed E-state index contributed by atoms with van der Waals surface area (Å²) in [4.78, 5) is 14.4. The van der Waals surface area contributed by atoms with Crippen LogP contribution in [0.25, 0.3) is 5.57 Å². The second-order valence-electron chi connectivity index (χ2n) is 7.84. The fraction of sp³-hybridized carbons (Fsp3) is 0.348. The van der Waals surface area contributed by atoms with Gasteiger partial charge in [0.2, 0.25) is 5.91 Å². The maximum Gasteiger partial charge on any atom is 0.228 e. The average molecular weight is 345 g/mol. The monoisotopic (exact) mass is 345 g/mol. The van der Waals surface area contributed by atoms with Crippen molar-refractivity contribution in [2.75, 3.05) is 13.6 Å². The van der Waals surface area contributed by atoms with Gasteiger partial charge in [-0.25, -0.2) is 0 Å². The van der Waals surface area contributed by atoms with Crippen LogP contribution in [-0.2, 0) is 11.4 Å². The predicted molar refractivity (Wildman–Crippen MR) is 102 cm³/mol. The molecule has 3 nitrogen and oxygen atoms in total. The molecule has 1 aliphatic heterocycles. The summed E-state index contributed by atoms with van der Waals surface area (Å²) in [6.45, 7) is 1.36. The van der Waals surface area contributed by atoms with Crippen LogP contribution in [0.3, 0.4) is 0 Å². The Kier molecular flexibility index (Phi) is 3.46. The normalized spacial score (nSPS) is 26.0. The lowest BCUT2D eigenvalue weighted by molar-refractivity contribution is -0.133. The second kappa shape index (κ2) is 5.73. The van der Waals surface area contributed by atoms with E-state index < -0.39 is 0 Å². The third-order valence-electron chi connectivity index (χ3n) is 6.14. The minimum Gasteiger partial charge on any atom is -0.488 e. The minimum atomic E-state index is 0.0667. The van der Waals surface area contributed by atoms with Gasteiger partial charge in [-0.1, -0.05) is 48.5 Å². The number of para-hydroxylation sites is 1. The van der Waals surface area contributed by atoms with E-state index in [0.29, 0.717) is 18.4 Å². The van der Waals surface area contributed by atoms with E-state index in [0.717, 1.165) is 37.1 Å². The Balaban J connectivity index is 1.41. The van der Waals surface area contributed by atoms with Crippen LogP contribution in [0.1, 0.15) is 36.0 Å². The molecule has 0 unspecified atom stereocenters. The lowest BCUT2D eigenvalue weighted by Gasteiger charge is -2.18. The number of amides is 1. The third kappa shape index (κ3) is 2.45. The Morgan fingerprint density at radius 3 is 2.62 bits per heavy atom. The molecule has 2 aromatic carbocycles. The van der Waals surface area contributed by atoms with Crippen molar-refractivity contribution in [1.82, 2.24) is 4.90 Å². The van der Waals surface area contributed by atoms with Crippen molar-refractivity contribution >= 4 is 11.5 Å². The molecule has 0 bridgehead atoms. The topological polar surface area (TPSA) is 29.5 Å². The van der Waals surface area contributed by atoms with Crippen molar-refractivity contribution in [3.63, 3.8) is 0 Å². The Hall–Kier alpha value is -2.55. The van der Waals surface area contributed by atoms with Crippen molar-refractivity contribution in [1.29, 1.82) is 0 Å². The first-order valence-electron chi connectivity index (χ1n) is 9.45. The molecule has 0 atom stereocenters. The number of nitrogens with zero attached hydrogens (tertiary/aromatic N) is 1. The van der Waals surface area contributed by atoms with Crippen LogP contribution in [0.5, 0.6) is 5.75 Å². The predicted octanol–water partition coefficient (Wildman–Crippen LogP) is 4.27. The average Bonchev–Trinajstić information content (AvgIpc) is 3.54. The maximum atomic E-state index is 12.5. The molecule has 0 radical (unpaired) electrons. The summed E-state index contributed by atoms with van der Waals surface area (Å²) in [5.74, 6) is 1.98. The first-order chi connectivity index (χ1) is 12.7. The first kappa shape index (κ1) is 15.7. The van der Waals surface area contributed by atoms with Crippen LogP contribution in [0, 0.1) is 11.3 Å². The van der Waals surface area contributed by atoms with Gasteiger partial charge in [0, 0.05) is 19.2 Å². The number of ether oxygens (including phenoxy) is 1. The third-order valence-corrected chi connectivity index (χ3v) is 6.14. The summed E-state index contributed by atoms with van der Waals surface area (Å²) in [5, 5.41) is 0. The van der Waals surface area contributed by atoms with Gasteiger partial charge in [0.15, 0.2) is 0 Å². The van der Waals surface area contributed by atoms with Crippen LogP contribution < -0.4 is 4.74 Å². The van der Waals surface area contributed by atoms with Gasteiger partial charge in [0.25, 0.3) is 0 Å². The highest BCUT2D eigenvalue weighted by Gasteiger charge is 2.74. The number of carbonyl (C=O) groups is 1. The van der Waals surface area contributed by atoms with E-state index in [1.807, 2.05) is 24.1 Å². The van der Waals surface area contributed by atoms with E-state index in [9.17, 15) is 4.79 Å². The zero-order chi connectivity index (χ0) is 17.7. The summed E-state index contributed by atoms with van der Waals surface area (Å²) in [6, 6.07) is 16.7. The van der Waals surface area contributed by atoms with E-state index in [4.69, 9.17) is 4.74 Å². The van der Waals surface area contributed by atoms with Crippen LogP contribution in [0.2, 0.25) is 0 Å². The van der Waals surface area contributed by atoms with E-state index in [2.05, 4.69) is 42.5 Å². The van der Waals surface area contributed by atoms with Gasteiger partial charge in [0.1, 0.15) is 12.4 Å². The molecule has 5 rings (SSSR count). The zero-order valence-electron chi connectivity index (χ0n) is 15.1. The van der Waals surface area contributed by atoms with E-state index in [1.54, 1.807) is 0 Å². The Labute approximate surface area is 154 Å². The van der Waals surface area contributed by atoms with Crippen molar-refractivity contribution in [3.8, 4) is 5.75 Å². The van der Waals surface area contributed by atoms with Crippen molar-refractivity contribution in [2.45, 2.75) is 25.9 Å². The number of carbonyl (C=O) groups excluding carboxylic acids is 1. The highest BCUT2D eigenvalue weighted by atomic mass is 16.5. The van der Waals surface area contributed by atoms with Crippen molar-refractivity contribution < 1.29 is 9.53 Å². The van der Waals surface area contributed by atoms with Gasteiger partial charge in [-0.3, -0.25) is 4.79 Å². The summed E-state index contributed by atoms with van der Waals surface area (Å²) in [5.41, 5.74) is 4.85. The Morgan fingerprint density at radius 2 is 1.85 bits per heavy atom. The van der Waals surface area contributed by atoms with Gasteiger partial charge < -0.3 is 9.64 Å². The molecule has 26 heavy (non-hydrogen) atoms. The molecule has 2 saturated carbocycles. The van der Waals surface area contributed by atoms with Gasteiger partial charge in [-0.2, -0.15) is 0 Å². The standard InChI is InChI=1S/C23H23NO2/c1-24(22(25)23-13-17(23)14-23)12-6-10-19-18-8-3-2-7-16(18)15-26-21-11-5-4-9-20(19)21/h2-5,7-11,17H,6,12-15H2,1H3/b19-10-. The molecule has 3 aliphatic rings. The highest BCUT2D eigenvalue weighted by Crippen LogP contribution is 2.75. The van der Waals surface area contributed by atoms with E-state index in [-0.39, 0.29) is 5.41 Å². The quantitative estimate of drug-likeness (QED) is 0.828. The lowest BCUT2D eigenvalue weighted by atomic mass is 9.93. The van der Waals surface area contributed by atoms with Crippen LogP contribution in [0.4, 0.5) is 0 Å². The van der Waals surface area contributed by atoms with Crippen molar-refractivity contribution in [3.05, 3.63) is 71.3 Å². The van der Waals surface area contributed by atoms with E-state index >= 15 is 0 Å². The smallest absolute Gasteiger partial charge is 0.228 e. The summed E-state index contributed by atoms with van der Waals surface area (Å²) in [6.07, 6.45) is 5.36. The van der Waals surface area contributed by atoms with E-state index in [1.165, 1.54) is 16.7 Å². The van der Waals surface area contributed by atoms with Crippen LogP contribution in [-0.4, -0.2) is 24.4 Å². The van der Waals surface area contributed by atoms with Crippen molar-refractivity contribution in [2.24, 2.45) is 11.3 Å². The molecule has 3 heteroatoms. The molecule has 2 aliphatic carbocycles. The minimum absolute atomic E-state index is 0.0667. The van der Waals surface area contributed by atoms with Gasteiger partial charge >= 0.3 is 0 Å². The molecule has 0 saturated heterocycles. The fourth-order valence-corrected chi connectivity index (χ4v) is 4.18. The molecule has 1 heterocycles. The molecule has 132 valence electrons. The first-order valence-corrected chi connectivity index (χ1v) is 9.45. The molecule has 2 aromatic rings. The number of hydrogen-bond acceptors (Lipinski definition) is 2. The lowest BCUT2D eigenvalue weighted by Crippen LogP contribution is -2.31. The molecular weight excluding hydrogens is 322 g/mol. The molecule has 2 fully saturated rings. The van der Waals surface area contributed by atoms with Gasteiger partial charge in [0.05, 0.1) is 5.41 Å². The van der Waals surface area contributed by atoms with Crippen LogP contribution >= 0.6 is 0 Å². The number of rotatable bonds is 4. The second-order valence-corrected chi connectivity index (χ2v) is 7.84. The Morgan fingerprint density at radius 1 is 1.15 bits per heavy atom. The summed E-state index contributed by atoms with van der Waals surface area (Å²) in [7, 11) is 1.95. The molecule has 0 N–H and O–H groups in total.